The van der Waals surface area contributed by atoms with Crippen molar-refractivity contribution in [2.75, 3.05) is 6.54 Å². The van der Waals surface area contributed by atoms with Crippen LogP contribution in [0.1, 0.15) is 10.8 Å². The van der Waals surface area contributed by atoms with Crippen molar-refractivity contribution in [1.29, 1.82) is 0 Å². The molecule has 0 amide bonds. The lowest BCUT2D eigenvalue weighted by molar-refractivity contribution is -0.138. The quantitative estimate of drug-likeness (QED) is 0.746. The summed E-state index contributed by atoms with van der Waals surface area (Å²) in [5.74, 6) is -2.48. The molecule has 0 saturated heterocycles. The number of aliphatic carboxylic acids is 1. The van der Waals surface area contributed by atoms with Crippen LogP contribution in [0, 0.1) is 5.82 Å². The topological polar surface area (TPSA) is 63.3 Å². The maximum Gasteiger partial charge on any atom is 0.313 e. The predicted octanol–water partition coefficient (Wildman–Crippen LogP) is 1.01. The number of carboxylic acid groups (broad SMARTS) is 1. The Kier molecular flexibility index (Phi) is 2.78. The SMILES string of the molecule is NCC(C(=O)O)c1sccc1F. The van der Waals surface area contributed by atoms with E-state index in [1.165, 1.54) is 11.4 Å². The first kappa shape index (κ1) is 9.15. The van der Waals surface area contributed by atoms with Gasteiger partial charge in [-0.3, -0.25) is 4.79 Å². The molecule has 1 heterocycles. The van der Waals surface area contributed by atoms with Gasteiger partial charge in [0, 0.05) is 6.54 Å². The van der Waals surface area contributed by atoms with Crippen molar-refractivity contribution in [1.82, 2.24) is 0 Å². The van der Waals surface area contributed by atoms with Crippen molar-refractivity contribution < 1.29 is 14.3 Å². The molecule has 12 heavy (non-hydrogen) atoms. The van der Waals surface area contributed by atoms with Crippen LogP contribution in [0.15, 0.2) is 11.4 Å². The Balaban J connectivity index is 2.94. The molecule has 0 saturated carbocycles. The second-order valence-corrected chi connectivity index (χ2v) is 3.21. The molecule has 0 fully saturated rings. The minimum atomic E-state index is -1.08. The van der Waals surface area contributed by atoms with Gasteiger partial charge < -0.3 is 10.8 Å². The summed E-state index contributed by atoms with van der Waals surface area (Å²) in [4.78, 5) is 10.7. The highest BCUT2D eigenvalue weighted by Gasteiger charge is 2.22. The molecule has 1 atom stereocenters. The molecular weight excluding hydrogens is 181 g/mol. The second-order valence-electron chi connectivity index (χ2n) is 2.26. The Labute approximate surface area is 72.6 Å². The Hall–Kier alpha value is -0.940. The molecule has 1 aromatic heterocycles. The minimum absolute atomic E-state index is 0.0766. The number of hydrogen-bond donors (Lipinski definition) is 2. The van der Waals surface area contributed by atoms with E-state index in [4.69, 9.17) is 10.8 Å². The molecule has 0 aliphatic rings. The number of carbonyl (C=O) groups is 1. The van der Waals surface area contributed by atoms with Gasteiger partial charge in [0.1, 0.15) is 11.7 Å². The molecule has 1 rings (SSSR count). The summed E-state index contributed by atoms with van der Waals surface area (Å²) in [6.07, 6.45) is 0. The molecule has 0 aromatic carbocycles. The summed E-state index contributed by atoms with van der Waals surface area (Å²) in [5, 5.41) is 10.1. The van der Waals surface area contributed by atoms with Gasteiger partial charge in [-0.2, -0.15) is 0 Å². The number of hydrogen-bond acceptors (Lipinski definition) is 3. The lowest BCUT2D eigenvalue weighted by Crippen LogP contribution is -2.20. The molecule has 3 nitrogen and oxygen atoms in total. The summed E-state index contributed by atoms with van der Waals surface area (Å²) >= 11 is 1.07. The van der Waals surface area contributed by atoms with Gasteiger partial charge in [-0.25, -0.2) is 4.39 Å². The summed E-state index contributed by atoms with van der Waals surface area (Å²) < 4.78 is 12.8. The third-order valence-corrected chi connectivity index (χ3v) is 2.50. The summed E-state index contributed by atoms with van der Waals surface area (Å²) in [7, 11) is 0. The molecule has 1 aromatic rings. The highest BCUT2D eigenvalue weighted by Crippen LogP contribution is 2.24. The van der Waals surface area contributed by atoms with Crippen LogP contribution >= 0.6 is 11.3 Å². The van der Waals surface area contributed by atoms with E-state index in [1.807, 2.05) is 0 Å². The number of carboxylic acids is 1. The monoisotopic (exact) mass is 189 g/mol. The Morgan fingerprint density at radius 3 is 2.83 bits per heavy atom. The van der Waals surface area contributed by atoms with Crippen molar-refractivity contribution in [3.63, 3.8) is 0 Å². The van der Waals surface area contributed by atoms with Crippen LogP contribution in [0.4, 0.5) is 4.39 Å². The number of nitrogens with two attached hydrogens (primary N) is 1. The first-order valence-electron chi connectivity index (χ1n) is 3.32. The van der Waals surface area contributed by atoms with Crippen LogP contribution in [0.2, 0.25) is 0 Å². The first-order chi connectivity index (χ1) is 5.66. The molecule has 0 aliphatic carbocycles. The van der Waals surface area contributed by atoms with Gasteiger partial charge in [-0.05, 0) is 11.4 Å². The molecule has 0 bridgehead atoms. The van der Waals surface area contributed by atoms with E-state index in [0.717, 1.165) is 11.3 Å². The van der Waals surface area contributed by atoms with Crippen molar-refractivity contribution >= 4 is 17.3 Å². The van der Waals surface area contributed by atoms with Crippen LogP contribution in [0.5, 0.6) is 0 Å². The molecule has 0 aliphatic heterocycles. The van der Waals surface area contributed by atoms with E-state index in [2.05, 4.69) is 0 Å². The zero-order chi connectivity index (χ0) is 9.14. The predicted molar refractivity (Wildman–Crippen MR) is 43.7 cm³/mol. The van der Waals surface area contributed by atoms with E-state index in [0.29, 0.717) is 0 Å². The van der Waals surface area contributed by atoms with Gasteiger partial charge in [0.25, 0.3) is 0 Å². The van der Waals surface area contributed by atoms with Crippen molar-refractivity contribution in [3.05, 3.63) is 22.1 Å². The maximum atomic E-state index is 12.8. The highest BCUT2D eigenvalue weighted by atomic mass is 32.1. The fourth-order valence-corrected chi connectivity index (χ4v) is 1.75. The number of rotatable bonds is 3. The molecular formula is C7H8FNO2S. The van der Waals surface area contributed by atoms with Crippen LogP contribution in [-0.2, 0) is 4.79 Å². The minimum Gasteiger partial charge on any atom is -0.481 e. The van der Waals surface area contributed by atoms with E-state index in [9.17, 15) is 9.18 Å². The zero-order valence-corrected chi connectivity index (χ0v) is 6.97. The Bertz CT molecular complexity index is 287. The number of thiophene rings is 1. The Morgan fingerprint density at radius 1 is 1.83 bits per heavy atom. The van der Waals surface area contributed by atoms with Crippen molar-refractivity contribution in [2.45, 2.75) is 5.92 Å². The smallest absolute Gasteiger partial charge is 0.313 e. The highest BCUT2D eigenvalue weighted by molar-refractivity contribution is 7.10. The number of halogens is 1. The van der Waals surface area contributed by atoms with Crippen LogP contribution in [0.3, 0.4) is 0 Å². The van der Waals surface area contributed by atoms with E-state index in [1.54, 1.807) is 0 Å². The molecule has 0 spiro atoms. The van der Waals surface area contributed by atoms with Gasteiger partial charge in [0.2, 0.25) is 0 Å². The normalized spacial score (nSPS) is 12.8. The van der Waals surface area contributed by atoms with E-state index < -0.39 is 17.7 Å². The van der Waals surface area contributed by atoms with Gasteiger partial charge in [-0.15, -0.1) is 11.3 Å². The van der Waals surface area contributed by atoms with Crippen molar-refractivity contribution in [3.8, 4) is 0 Å². The standard InChI is InChI=1S/C7H8FNO2S/c8-5-1-2-12-6(5)4(3-9)7(10)11/h1-2,4H,3,9H2,(H,10,11). The molecule has 5 heteroatoms. The molecule has 66 valence electrons. The van der Waals surface area contributed by atoms with E-state index >= 15 is 0 Å². The summed E-state index contributed by atoms with van der Waals surface area (Å²) in [5.41, 5.74) is 5.19. The van der Waals surface area contributed by atoms with Crippen LogP contribution in [-0.4, -0.2) is 17.6 Å². The maximum absolute atomic E-state index is 12.8. The fraction of sp³-hybridized carbons (Fsp3) is 0.286. The fourth-order valence-electron chi connectivity index (χ4n) is 0.874. The average Bonchev–Trinajstić information content (AvgIpc) is 2.38. The molecule has 0 radical (unpaired) electrons. The van der Waals surface area contributed by atoms with Gasteiger partial charge in [0.15, 0.2) is 0 Å². The van der Waals surface area contributed by atoms with Gasteiger partial charge >= 0.3 is 5.97 Å². The third-order valence-electron chi connectivity index (χ3n) is 1.50. The van der Waals surface area contributed by atoms with Crippen molar-refractivity contribution in [2.24, 2.45) is 5.73 Å². The second kappa shape index (κ2) is 3.64. The van der Waals surface area contributed by atoms with Crippen LogP contribution in [0.25, 0.3) is 0 Å². The average molecular weight is 189 g/mol. The zero-order valence-electron chi connectivity index (χ0n) is 6.16. The summed E-state index contributed by atoms with van der Waals surface area (Å²) in [6.45, 7) is -0.0766. The largest absolute Gasteiger partial charge is 0.481 e. The summed E-state index contributed by atoms with van der Waals surface area (Å²) in [6, 6.07) is 1.24. The van der Waals surface area contributed by atoms with Gasteiger partial charge in [-0.1, -0.05) is 0 Å². The first-order valence-corrected chi connectivity index (χ1v) is 4.20. The molecule has 1 unspecified atom stereocenters. The lowest BCUT2D eigenvalue weighted by Gasteiger charge is -2.06. The lowest BCUT2D eigenvalue weighted by atomic mass is 10.1. The van der Waals surface area contributed by atoms with Crippen LogP contribution < -0.4 is 5.73 Å². The Morgan fingerprint density at radius 2 is 2.50 bits per heavy atom. The van der Waals surface area contributed by atoms with E-state index in [-0.39, 0.29) is 11.4 Å². The van der Waals surface area contributed by atoms with Gasteiger partial charge in [0.05, 0.1) is 4.88 Å². The molecule has 3 N–H and O–H groups in total. The third kappa shape index (κ3) is 1.62.